The molecule has 5 heteroatoms. The predicted molar refractivity (Wildman–Crippen MR) is 86.6 cm³/mol. The van der Waals surface area contributed by atoms with Crippen molar-refractivity contribution in [1.29, 1.82) is 0 Å². The van der Waals surface area contributed by atoms with Gasteiger partial charge in [0.1, 0.15) is 11.6 Å². The SMILES string of the molecule is CC1(C)[C@@H](C(=O)Cc2ccc(F)cc2C(F)(F)F)[C@@H]1c1ccccc1. The summed E-state index contributed by atoms with van der Waals surface area (Å²) in [6.07, 6.45) is -5.03. The van der Waals surface area contributed by atoms with Crippen molar-refractivity contribution in [3.8, 4) is 0 Å². The third-order valence-electron chi connectivity index (χ3n) is 5.07. The van der Waals surface area contributed by atoms with Crippen molar-refractivity contribution in [3.63, 3.8) is 0 Å². The van der Waals surface area contributed by atoms with Crippen molar-refractivity contribution < 1.29 is 22.4 Å². The van der Waals surface area contributed by atoms with Crippen LogP contribution in [0, 0.1) is 17.2 Å². The van der Waals surface area contributed by atoms with Crippen LogP contribution in [-0.2, 0) is 17.4 Å². The van der Waals surface area contributed by atoms with Gasteiger partial charge in [-0.1, -0.05) is 50.2 Å². The minimum Gasteiger partial charge on any atom is -0.299 e. The zero-order valence-electron chi connectivity index (χ0n) is 13.9. The Morgan fingerprint density at radius 2 is 1.72 bits per heavy atom. The molecular formula is C20H18F4O. The number of hydrogen-bond donors (Lipinski definition) is 0. The van der Waals surface area contributed by atoms with Crippen LogP contribution in [0.5, 0.6) is 0 Å². The number of carbonyl (C=O) groups excluding carboxylic acids is 1. The average Bonchev–Trinajstić information content (AvgIpc) is 3.11. The number of rotatable bonds is 4. The van der Waals surface area contributed by atoms with E-state index in [4.69, 9.17) is 0 Å². The number of halogens is 4. The fourth-order valence-electron chi connectivity index (χ4n) is 3.79. The highest BCUT2D eigenvalue weighted by atomic mass is 19.4. The minimum absolute atomic E-state index is 0.00372. The normalized spacial score (nSPS) is 21.8. The van der Waals surface area contributed by atoms with Gasteiger partial charge in [0, 0.05) is 12.3 Å². The van der Waals surface area contributed by atoms with Crippen LogP contribution in [0.25, 0.3) is 0 Å². The Balaban J connectivity index is 1.85. The van der Waals surface area contributed by atoms with Crippen LogP contribution in [0.3, 0.4) is 0 Å². The Bertz CT molecular complexity index is 793. The number of alkyl halides is 3. The summed E-state index contributed by atoms with van der Waals surface area (Å²) < 4.78 is 52.5. The fraction of sp³-hybridized carbons (Fsp3) is 0.350. The Morgan fingerprint density at radius 1 is 1.08 bits per heavy atom. The quantitative estimate of drug-likeness (QED) is 0.675. The molecule has 0 N–H and O–H groups in total. The van der Waals surface area contributed by atoms with Crippen LogP contribution < -0.4 is 0 Å². The van der Waals surface area contributed by atoms with Crippen molar-refractivity contribution in [3.05, 3.63) is 71.0 Å². The van der Waals surface area contributed by atoms with Crippen molar-refractivity contribution >= 4 is 5.78 Å². The molecule has 0 aliphatic heterocycles. The molecule has 1 fully saturated rings. The van der Waals surface area contributed by atoms with Gasteiger partial charge in [-0.15, -0.1) is 0 Å². The van der Waals surface area contributed by atoms with Gasteiger partial charge in [0.2, 0.25) is 0 Å². The lowest BCUT2D eigenvalue weighted by Crippen LogP contribution is -2.15. The molecule has 25 heavy (non-hydrogen) atoms. The molecule has 0 aromatic heterocycles. The molecule has 3 rings (SSSR count). The number of benzene rings is 2. The van der Waals surface area contributed by atoms with Crippen LogP contribution in [-0.4, -0.2) is 5.78 Å². The summed E-state index contributed by atoms with van der Waals surface area (Å²) in [6, 6.07) is 12.0. The molecular weight excluding hydrogens is 332 g/mol. The molecule has 0 bridgehead atoms. The summed E-state index contributed by atoms with van der Waals surface area (Å²) in [6.45, 7) is 3.89. The van der Waals surface area contributed by atoms with Crippen molar-refractivity contribution in [1.82, 2.24) is 0 Å². The number of hydrogen-bond acceptors (Lipinski definition) is 1. The summed E-state index contributed by atoms with van der Waals surface area (Å²) in [7, 11) is 0. The van der Waals surface area contributed by atoms with E-state index in [0.29, 0.717) is 6.07 Å². The second-order valence-electron chi connectivity index (χ2n) is 7.13. The van der Waals surface area contributed by atoms with E-state index >= 15 is 0 Å². The molecule has 132 valence electrons. The maximum Gasteiger partial charge on any atom is 0.416 e. The summed E-state index contributed by atoms with van der Waals surface area (Å²) in [5.74, 6) is -1.54. The monoisotopic (exact) mass is 350 g/mol. The summed E-state index contributed by atoms with van der Waals surface area (Å²) in [5, 5.41) is 0. The standard InChI is InChI=1S/C20H18F4O/c1-19(2)17(12-6-4-3-5-7-12)18(19)16(25)10-13-8-9-14(21)11-15(13)20(22,23)24/h3-9,11,17-18H,10H2,1-2H3/t17-,18-/m0/s1. The minimum atomic E-state index is -4.68. The smallest absolute Gasteiger partial charge is 0.299 e. The first kappa shape index (κ1) is 17.6. The number of ketones is 1. The maximum atomic E-state index is 13.2. The molecule has 0 heterocycles. The van der Waals surface area contributed by atoms with Crippen LogP contribution >= 0.6 is 0 Å². The molecule has 1 aliphatic carbocycles. The fourth-order valence-corrected chi connectivity index (χ4v) is 3.79. The van der Waals surface area contributed by atoms with Crippen molar-refractivity contribution in [2.45, 2.75) is 32.4 Å². The molecule has 2 aromatic rings. The summed E-state index contributed by atoms with van der Waals surface area (Å²) in [4.78, 5) is 12.7. The first-order chi connectivity index (χ1) is 11.6. The van der Waals surface area contributed by atoms with E-state index < -0.39 is 17.6 Å². The second kappa shape index (κ2) is 5.97. The molecule has 0 amide bonds. The molecule has 1 aliphatic rings. The highest BCUT2D eigenvalue weighted by Gasteiger charge is 2.61. The van der Waals surface area contributed by atoms with E-state index in [1.807, 2.05) is 44.2 Å². The maximum absolute atomic E-state index is 13.2. The molecule has 0 unspecified atom stereocenters. The van der Waals surface area contributed by atoms with Gasteiger partial charge in [0.25, 0.3) is 0 Å². The van der Waals surface area contributed by atoms with Gasteiger partial charge >= 0.3 is 6.18 Å². The Labute approximate surface area is 143 Å². The average molecular weight is 350 g/mol. The van der Waals surface area contributed by atoms with Crippen LogP contribution in [0.2, 0.25) is 0 Å². The molecule has 0 radical (unpaired) electrons. The van der Waals surface area contributed by atoms with Gasteiger partial charge < -0.3 is 0 Å². The number of carbonyl (C=O) groups is 1. The first-order valence-corrected chi connectivity index (χ1v) is 8.05. The van der Waals surface area contributed by atoms with E-state index in [9.17, 15) is 22.4 Å². The molecule has 0 spiro atoms. The third-order valence-corrected chi connectivity index (χ3v) is 5.07. The third kappa shape index (κ3) is 3.32. The van der Waals surface area contributed by atoms with Crippen LogP contribution in [0.1, 0.15) is 36.5 Å². The molecule has 2 aromatic carbocycles. The van der Waals surface area contributed by atoms with E-state index in [1.54, 1.807) is 0 Å². The van der Waals surface area contributed by atoms with Gasteiger partial charge in [-0.2, -0.15) is 13.2 Å². The van der Waals surface area contributed by atoms with Crippen LogP contribution in [0.4, 0.5) is 17.6 Å². The van der Waals surface area contributed by atoms with E-state index in [1.165, 1.54) is 0 Å². The van der Waals surface area contributed by atoms with Gasteiger partial charge in [-0.3, -0.25) is 4.79 Å². The van der Waals surface area contributed by atoms with Gasteiger partial charge in [-0.05, 0) is 34.6 Å². The van der Waals surface area contributed by atoms with Crippen LogP contribution in [0.15, 0.2) is 48.5 Å². The highest BCUT2D eigenvalue weighted by Crippen LogP contribution is 2.64. The molecule has 1 nitrogen and oxygen atoms in total. The number of Topliss-reactive ketones (excluding diaryl/α,β-unsaturated/α-hetero) is 1. The molecule has 2 atom stereocenters. The molecule has 0 saturated heterocycles. The van der Waals surface area contributed by atoms with Gasteiger partial charge in [0.15, 0.2) is 0 Å². The van der Waals surface area contributed by atoms with Crippen molar-refractivity contribution in [2.24, 2.45) is 11.3 Å². The Hall–Kier alpha value is -2.17. The molecule has 1 saturated carbocycles. The summed E-state index contributed by atoms with van der Waals surface area (Å²) >= 11 is 0. The van der Waals surface area contributed by atoms with E-state index in [0.717, 1.165) is 17.7 Å². The lowest BCUT2D eigenvalue weighted by Gasteiger charge is -2.12. The lowest BCUT2D eigenvalue weighted by atomic mass is 9.97. The lowest BCUT2D eigenvalue weighted by molar-refractivity contribution is -0.138. The first-order valence-electron chi connectivity index (χ1n) is 8.05. The largest absolute Gasteiger partial charge is 0.416 e. The second-order valence-corrected chi connectivity index (χ2v) is 7.13. The van der Waals surface area contributed by atoms with Gasteiger partial charge in [0.05, 0.1) is 5.56 Å². The zero-order valence-corrected chi connectivity index (χ0v) is 13.9. The Morgan fingerprint density at radius 3 is 2.32 bits per heavy atom. The predicted octanol–water partition coefficient (Wildman–Crippen LogP) is 5.40. The topological polar surface area (TPSA) is 17.1 Å². The van der Waals surface area contributed by atoms with Gasteiger partial charge in [-0.25, -0.2) is 4.39 Å². The highest BCUT2D eigenvalue weighted by molar-refractivity contribution is 5.88. The summed E-state index contributed by atoms with van der Waals surface area (Å²) in [5.41, 5.74) is -0.526. The Kier molecular flexibility index (Phi) is 4.21. The van der Waals surface area contributed by atoms with E-state index in [-0.39, 0.29) is 35.0 Å². The van der Waals surface area contributed by atoms with Crippen molar-refractivity contribution in [2.75, 3.05) is 0 Å². The van der Waals surface area contributed by atoms with E-state index in [2.05, 4.69) is 0 Å². The zero-order chi connectivity index (χ0) is 18.4.